The van der Waals surface area contributed by atoms with Crippen molar-refractivity contribution >= 4 is 11.4 Å². The predicted molar refractivity (Wildman–Crippen MR) is 53.0 cm³/mol. The Morgan fingerprint density at radius 1 is 1.36 bits per heavy atom. The lowest BCUT2D eigenvalue weighted by Gasteiger charge is -2.04. The summed E-state index contributed by atoms with van der Waals surface area (Å²) in [4.78, 5) is 0. The molecule has 0 atom stereocenters. The van der Waals surface area contributed by atoms with Crippen molar-refractivity contribution in [1.82, 2.24) is 10.2 Å². The molecule has 0 aliphatic rings. The van der Waals surface area contributed by atoms with Gasteiger partial charge in [-0.1, -0.05) is 6.07 Å². The molecule has 2 aromatic rings. The SMILES string of the molecule is Cc1ccc(Nc2cn[nH]c2)cc1F. The van der Waals surface area contributed by atoms with Crippen LogP contribution in [0, 0.1) is 12.7 Å². The predicted octanol–water partition coefficient (Wildman–Crippen LogP) is 2.60. The van der Waals surface area contributed by atoms with Gasteiger partial charge in [0.05, 0.1) is 11.9 Å². The fourth-order valence-electron chi connectivity index (χ4n) is 1.16. The molecule has 0 aliphatic heterocycles. The smallest absolute Gasteiger partial charge is 0.128 e. The molecule has 0 saturated heterocycles. The minimum Gasteiger partial charge on any atom is -0.353 e. The molecular formula is C10H10FN3. The van der Waals surface area contributed by atoms with Gasteiger partial charge in [-0.15, -0.1) is 0 Å². The first-order valence-electron chi connectivity index (χ1n) is 4.27. The summed E-state index contributed by atoms with van der Waals surface area (Å²) in [6, 6.07) is 5.02. The minimum absolute atomic E-state index is 0.210. The molecule has 0 spiro atoms. The Hall–Kier alpha value is -1.84. The van der Waals surface area contributed by atoms with Crippen molar-refractivity contribution < 1.29 is 4.39 Å². The number of hydrogen-bond acceptors (Lipinski definition) is 2. The molecule has 4 heteroatoms. The summed E-state index contributed by atoms with van der Waals surface area (Å²) in [5, 5.41) is 9.46. The van der Waals surface area contributed by atoms with Gasteiger partial charge in [0, 0.05) is 11.9 Å². The molecule has 0 aliphatic carbocycles. The lowest BCUT2D eigenvalue weighted by molar-refractivity contribution is 0.619. The van der Waals surface area contributed by atoms with E-state index in [0.717, 1.165) is 11.4 Å². The third kappa shape index (κ3) is 1.74. The largest absolute Gasteiger partial charge is 0.353 e. The zero-order valence-corrected chi connectivity index (χ0v) is 7.71. The molecule has 0 saturated carbocycles. The Bertz CT molecular complexity index is 423. The van der Waals surface area contributed by atoms with E-state index in [-0.39, 0.29) is 5.82 Å². The number of aromatic nitrogens is 2. The van der Waals surface area contributed by atoms with Gasteiger partial charge in [0.15, 0.2) is 0 Å². The molecule has 1 aromatic heterocycles. The van der Waals surface area contributed by atoms with Crippen molar-refractivity contribution in [3.8, 4) is 0 Å². The molecular weight excluding hydrogens is 181 g/mol. The molecule has 0 radical (unpaired) electrons. The van der Waals surface area contributed by atoms with Crippen molar-refractivity contribution in [1.29, 1.82) is 0 Å². The second kappa shape index (κ2) is 3.49. The van der Waals surface area contributed by atoms with Crippen molar-refractivity contribution in [2.24, 2.45) is 0 Å². The number of rotatable bonds is 2. The first-order chi connectivity index (χ1) is 6.75. The summed E-state index contributed by atoms with van der Waals surface area (Å²) in [7, 11) is 0. The molecule has 14 heavy (non-hydrogen) atoms. The van der Waals surface area contributed by atoms with Gasteiger partial charge in [-0.3, -0.25) is 5.10 Å². The topological polar surface area (TPSA) is 40.7 Å². The van der Waals surface area contributed by atoms with Crippen LogP contribution in [0.1, 0.15) is 5.56 Å². The number of aryl methyl sites for hydroxylation is 1. The molecule has 1 heterocycles. The van der Waals surface area contributed by atoms with E-state index >= 15 is 0 Å². The summed E-state index contributed by atoms with van der Waals surface area (Å²) in [6.07, 6.45) is 3.34. The van der Waals surface area contributed by atoms with E-state index in [4.69, 9.17) is 0 Å². The van der Waals surface area contributed by atoms with Gasteiger partial charge in [-0.05, 0) is 24.6 Å². The average Bonchev–Trinajstić information content (AvgIpc) is 2.64. The van der Waals surface area contributed by atoms with Crippen LogP contribution in [0.5, 0.6) is 0 Å². The van der Waals surface area contributed by atoms with Gasteiger partial charge >= 0.3 is 0 Å². The first kappa shape index (κ1) is 8.74. The molecule has 1 aromatic carbocycles. The number of benzene rings is 1. The Morgan fingerprint density at radius 2 is 2.21 bits per heavy atom. The average molecular weight is 191 g/mol. The highest BCUT2D eigenvalue weighted by molar-refractivity contribution is 5.58. The number of halogens is 1. The quantitative estimate of drug-likeness (QED) is 0.766. The number of hydrogen-bond donors (Lipinski definition) is 2. The molecule has 2 N–H and O–H groups in total. The zero-order valence-electron chi connectivity index (χ0n) is 7.71. The van der Waals surface area contributed by atoms with E-state index in [9.17, 15) is 4.39 Å². The highest BCUT2D eigenvalue weighted by Gasteiger charge is 1.99. The van der Waals surface area contributed by atoms with Crippen molar-refractivity contribution in [3.05, 3.63) is 42.0 Å². The van der Waals surface area contributed by atoms with Crippen LogP contribution >= 0.6 is 0 Å². The fourth-order valence-corrected chi connectivity index (χ4v) is 1.16. The van der Waals surface area contributed by atoms with Crippen molar-refractivity contribution in [3.63, 3.8) is 0 Å². The number of anilines is 2. The monoisotopic (exact) mass is 191 g/mol. The van der Waals surface area contributed by atoms with E-state index < -0.39 is 0 Å². The summed E-state index contributed by atoms with van der Waals surface area (Å²) < 4.78 is 13.1. The molecule has 0 bridgehead atoms. The van der Waals surface area contributed by atoms with Crippen molar-refractivity contribution in [2.75, 3.05) is 5.32 Å². The van der Waals surface area contributed by atoms with E-state index in [1.54, 1.807) is 25.4 Å². The molecule has 72 valence electrons. The lowest BCUT2D eigenvalue weighted by atomic mass is 10.2. The van der Waals surface area contributed by atoms with Gasteiger partial charge in [0.1, 0.15) is 5.82 Å². The maximum Gasteiger partial charge on any atom is 0.128 e. The van der Waals surface area contributed by atoms with Crippen LogP contribution in [-0.4, -0.2) is 10.2 Å². The summed E-state index contributed by atoms with van der Waals surface area (Å²) in [5.41, 5.74) is 2.17. The standard InChI is InChI=1S/C10H10FN3/c1-7-2-3-8(4-10(7)11)14-9-5-12-13-6-9/h2-6,14H,1H3,(H,12,13). The van der Waals surface area contributed by atoms with Crippen LogP contribution < -0.4 is 5.32 Å². The Labute approximate surface area is 81.0 Å². The van der Waals surface area contributed by atoms with Crippen molar-refractivity contribution in [2.45, 2.75) is 6.92 Å². The third-order valence-electron chi connectivity index (χ3n) is 1.96. The maximum atomic E-state index is 13.1. The van der Waals surface area contributed by atoms with Gasteiger partial charge < -0.3 is 5.32 Å². The van der Waals surface area contributed by atoms with E-state index in [2.05, 4.69) is 15.5 Å². The maximum absolute atomic E-state index is 13.1. The zero-order chi connectivity index (χ0) is 9.97. The van der Waals surface area contributed by atoms with Crippen LogP contribution in [0.15, 0.2) is 30.6 Å². The molecule has 0 fully saturated rings. The van der Waals surface area contributed by atoms with Crippen LogP contribution in [0.2, 0.25) is 0 Å². The number of nitrogens with zero attached hydrogens (tertiary/aromatic N) is 1. The Kier molecular flexibility index (Phi) is 2.18. The molecule has 0 unspecified atom stereocenters. The summed E-state index contributed by atoms with van der Waals surface area (Å²) in [5.74, 6) is -0.210. The highest BCUT2D eigenvalue weighted by atomic mass is 19.1. The van der Waals surface area contributed by atoms with Gasteiger partial charge in [0.2, 0.25) is 0 Å². The second-order valence-corrected chi connectivity index (χ2v) is 3.08. The molecule has 2 rings (SSSR count). The fraction of sp³-hybridized carbons (Fsp3) is 0.100. The highest BCUT2D eigenvalue weighted by Crippen LogP contribution is 2.17. The molecule has 0 amide bonds. The van der Waals surface area contributed by atoms with Gasteiger partial charge in [-0.25, -0.2) is 4.39 Å². The second-order valence-electron chi connectivity index (χ2n) is 3.08. The lowest BCUT2D eigenvalue weighted by Crippen LogP contribution is -1.90. The minimum atomic E-state index is -0.210. The van der Waals surface area contributed by atoms with Gasteiger partial charge in [-0.2, -0.15) is 5.10 Å². The normalized spacial score (nSPS) is 10.1. The van der Waals surface area contributed by atoms with E-state index in [1.807, 2.05) is 6.07 Å². The van der Waals surface area contributed by atoms with Crippen LogP contribution in [0.25, 0.3) is 0 Å². The number of H-pyrrole nitrogens is 1. The first-order valence-corrected chi connectivity index (χ1v) is 4.27. The van der Waals surface area contributed by atoms with Crippen LogP contribution in [-0.2, 0) is 0 Å². The third-order valence-corrected chi connectivity index (χ3v) is 1.96. The van der Waals surface area contributed by atoms with Gasteiger partial charge in [0.25, 0.3) is 0 Å². The number of nitrogens with one attached hydrogen (secondary N) is 2. The summed E-state index contributed by atoms with van der Waals surface area (Å²) in [6.45, 7) is 1.73. The Morgan fingerprint density at radius 3 is 2.86 bits per heavy atom. The number of aromatic amines is 1. The van der Waals surface area contributed by atoms with Crippen LogP contribution in [0.3, 0.4) is 0 Å². The summed E-state index contributed by atoms with van der Waals surface area (Å²) >= 11 is 0. The Balaban J connectivity index is 2.22. The van der Waals surface area contributed by atoms with E-state index in [1.165, 1.54) is 6.07 Å². The van der Waals surface area contributed by atoms with E-state index in [0.29, 0.717) is 5.56 Å². The van der Waals surface area contributed by atoms with Crippen LogP contribution in [0.4, 0.5) is 15.8 Å². The molecule has 3 nitrogen and oxygen atoms in total.